The highest BCUT2D eigenvalue weighted by atomic mass is 16.4. The Balaban J connectivity index is 0.000000302. The summed E-state index contributed by atoms with van der Waals surface area (Å²) >= 11 is 0. The molecule has 1 aromatic heterocycles. The number of aryl methyl sites for hydroxylation is 2. The number of aliphatic hydroxyl groups is 2. The van der Waals surface area contributed by atoms with Crippen LogP contribution in [0, 0.1) is 13.8 Å². The number of benzene rings is 1. The van der Waals surface area contributed by atoms with Crippen LogP contribution in [0.3, 0.4) is 0 Å². The van der Waals surface area contributed by atoms with Crippen molar-refractivity contribution < 1.29 is 39.9 Å². The van der Waals surface area contributed by atoms with E-state index in [9.17, 15) is 19.5 Å². The van der Waals surface area contributed by atoms with Crippen molar-refractivity contribution in [2.45, 2.75) is 70.7 Å². The van der Waals surface area contributed by atoms with Crippen molar-refractivity contribution in [2.75, 3.05) is 13.1 Å². The molecule has 1 aromatic carbocycles. The monoisotopic (exact) mass is 505 g/mol. The second-order valence-electron chi connectivity index (χ2n) is 9.22. The Morgan fingerprint density at radius 3 is 1.94 bits per heavy atom. The summed E-state index contributed by atoms with van der Waals surface area (Å²) in [6.45, 7) is 10.0. The van der Waals surface area contributed by atoms with Crippen molar-refractivity contribution in [1.29, 1.82) is 0 Å². The Bertz CT molecular complexity index is 1040. The summed E-state index contributed by atoms with van der Waals surface area (Å²) in [5.41, 5.74) is 1.43. The van der Waals surface area contributed by atoms with Gasteiger partial charge in [-0.1, -0.05) is 29.8 Å². The van der Waals surface area contributed by atoms with E-state index in [2.05, 4.69) is 55.0 Å². The van der Waals surface area contributed by atoms with Gasteiger partial charge in [-0.25, -0.2) is 4.79 Å². The molecule has 0 radical (unpaired) electrons. The summed E-state index contributed by atoms with van der Waals surface area (Å²) in [6, 6.07) is 8.31. The van der Waals surface area contributed by atoms with Gasteiger partial charge in [-0.15, -0.1) is 0 Å². The van der Waals surface area contributed by atoms with Crippen LogP contribution in [-0.4, -0.2) is 76.8 Å². The van der Waals surface area contributed by atoms with E-state index in [4.69, 9.17) is 20.4 Å². The number of hydrogen-bond donors (Lipinski definition) is 5. The van der Waals surface area contributed by atoms with Gasteiger partial charge in [0.05, 0.1) is 24.6 Å². The molecule has 11 heteroatoms. The van der Waals surface area contributed by atoms with Crippen LogP contribution in [0.25, 0.3) is 0 Å². The molecule has 2 heterocycles. The van der Waals surface area contributed by atoms with Gasteiger partial charge in [0, 0.05) is 37.4 Å². The average molecular weight is 506 g/mol. The van der Waals surface area contributed by atoms with E-state index in [0.717, 1.165) is 44.6 Å². The highest BCUT2D eigenvalue weighted by Crippen LogP contribution is 2.33. The first-order chi connectivity index (χ1) is 16.8. The summed E-state index contributed by atoms with van der Waals surface area (Å²) in [7, 11) is 0. The predicted octanol–water partition coefficient (Wildman–Crippen LogP) is 1.75. The summed E-state index contributed by atoms with van der Waals surface area (Å²) < 4.78 is 2.04. The van der Waals surface area contributed by atoms with Crippen molar-refractivity contribution in [2.24, 2.45) is 0 Å². The third-order valence-electron chi connectivity index (χ3n) is 6.46. The zero-order valence-corrected chi connectivity index (χ0v) is 20.8. The number of aliphatic carboxylic acids is 3. The first-order valence-corrected chi connectivity index (χ1v) is 11.7. The SMILES string of the molecule is CCn1ncc(CN2CCC(O)(c3ccc(C)cc3)CC2)c1C.O=C(O)CC(O)(CC(=O)O)C(=O)O. The molecule has 0 atom stereocenters. The first-order valence-electron chi connectivity index (χ1n) is 11.7. The van der Waals surface area contributed by atoms with Crippen LogP contribution in [0.4, 0.5) is 0 Å². The fraction of sp³-hybridized carbons (Fsp3) is 0.520. The van der Waals surface area contributed by atoms with Gasteiger partial charge < -0.3 is 25.5 Å². The lowest BCUT2D eigenvalue weighted by Crippen LogP contribution is -2.42. The number of rotatable bonds is 9. The quantitative estimate of drug-likeness (QED) is 0.338. The number of aromatic nitrogens is 2. The molecule has 36 heavy (non-hydrogen) atoms. The van der Waals surface area contributed by atoms with Gasteiger partial charge in [-0.3, -0.25) is 19.2 Å². The molecular weight excluding hydrogens is 470 g/mol. The molecule has 5 N–H and O–H groups in total. The Hall–Kier alpha value is -3.28. The van der Waals surface area contributed by atoms with Gasteiger partial charge in [-0.2, -0.15) is 5.10 Å². The zero-order valence-electron chi connectivity index (χ0n) is 20.8. The van der Waals surface area contributed by atoms with E-state index < -0.39 is 42.0 Å². The van der Waals surface area contributed by atoms with E-state index in [0.29, 0.717) is 0 Å². The van der Waals surface area contributed by atoms with Gasteiger partial charge in [0.15, 0.2) is 5.60 Å². The Morgan fingerprint density at radius 2 is 1.53 bits per heavy atom. The van der Waals surface area contributed by atoms with Gasteiger partial charge in [0.25, 0.3) is 0 Å². The lowest BCUT2D eigenvalue weighted by molar-refractivity contribution is -0.170. The van der Waals surface area contributed by atoms with Crippen LogP contribution in [0.2, 0.25) is 0 Å². The van der Waals surface area contributed by atoms with Crippen LogP contribution in [-0.2, 0) is 33.1 Å². The highest BCUT2D eigenvalue weighted by molar-refractivity contribution is 5.88. The number of carbonyl (C=O) groups is 3. The first kappa shape index (κ1) is 29.0. The lowest BCUT2D eigenvalue weighted by atomic mass is 9.84. The van der Waals surface area contributed by atoms with E-state index in [1.165, 1.54) is 16.8 Å². The molecule has 2 aromatic rings. The minimum Gasteiger partial charge on any atom is -0.481 e. The number of hydrogen-bond acceptors (Lipinski definition) is 7. The van der Waals surface area contributed by atoms with Crippen LogP contribution >= 0.6 is 0 Å². The smallest absolute Gasteiger partial charge is 0.336 e. The van der Waals surface area contributed by atoms with Crippen molar-refractivity contribution >= 4 is 17.9 Å². The van der Waals surface area contributed by atoms with Gasteiger partial charge in [0.1, 0.15) is 0 Å². The van der Waals surface area contributed by atoms with Gasteiger partial charge in [0.2, 0.25) is 0 Å². The normalized spacial score (nSPS) is 15.6. The van der Waals surface area contributed by atoms with E-state index in [-0.39, 0.29) is 0 Å². The van der Waals surface area contributed by atoms with E-state index in [1.807, 2.05) is 10.9 Å². The molecular formula is C25H35N3O8. The second-order valence-corrected chi connectivity index (χ2v) is 9.22. The molecule has 3 rings (SSSR count). The van der Waals surface area contributed by atoms with Crippen LogP contribution in [0.5, 0.6) is 0 Å². The topological polar surface area (TPSA) is 173 Å². The molecule has 1 aliphatic rings. The number of carboxylic acid groups (broad SMARTS) is 3. The number of nitrogens with zero attached hydrogens (tertiary/aromatic N) is 3. The summed E-state index contributed by atoms with van der Waals surface area (Å²) in [5.74, 6) is -5.02. The standard InChI is InChI=1S/C19H27N3O.C6H8O7/c1-4-22-16(3)17(13-20-22)14-21-11-9-19(23,10-12-21)18-7-5-15(2)6-8-18;7-3(8)1-6(13,5(11)12)2-4(9)10/h5-8,13,23H,4,9-12,14H2,1-3H3;13H,1-2H2,(H,7,8)(H,9,10)(H,11,12). The minimum atomic E-state index is -2.74. The molecule has 198 valence electrons. The van der Waals surface area contributed by atoms with Crippen LogP contribution < -0.4 is 0 Å². The maximum absolute atomic E-state index is 11.0. The third-order valence-corrected chi connectivity index (χ3v) is 6.46. The molecule has 1 aliphatic heterocycles. The Kier molecular flexibility index (Phi) is 9.74. The molecule has 0 spiro atoms. The number of carboxylic acids is 3. The average Bonchev–Trinajstić information content (AvgIpc) is 3.14. The minimum absolute atomic E-state index is 0.674. The number of likely N-dealkylation sites (tertiary alicyclic amines) is 1. The fourth-order valence-corrected chi connectivity index (χ4v) is 4.15. The second kappa shape index (κ2) is 12.1. The third kappa shape index (κ3) is 7.61. The van der Waals surface area contributed by atoms with Crippen LogP contribution in [0.15, 0.2) is 30.5 Å². The maximum Gasteiger partial charge on any atom is 0.336 e. The molecule has 0 unspecified atom stereocenters. The van der Waals surface area contributed by atoms with Crippen molar-refractivity contribution in [1.82, 2.24) is 14.7 Å². The van der Waals surface area contributed by atoms with Crippen molar-refractivity contribution in [3.05, 3.63) is 52.8 Å². The molecule has 0 amide bonds. The Morgan fingerprint density at radius 1 is 1.00 bits per heavy atom. The van der Waals surface area contributed by atoms with Crippen molar-refractivity contribution in [3.63, 3.8) is 0 Å². The molecule has 1 saturated heterocycles. The van der Waals surface area contributed by atoms with Crippen molar-refractivity contribution in [3.8, 4) is 0 Å². The number of piperidine rings is 1. The summed E-state index contributed by atoms with van der Waals surface area (Å²) in [4.78, 5) is 32.9. The van der Waals surface area contributed by atoms with E-state index in [1.54, 1.807) is 0 Å². The van der Waals surface area contributed by atoms with Crippen LogP contribution in [0.1, 0.15) is 55.0 Å². The summed E-state index contributed by atoms with van der Waals surface area (Å²) in [5, 5.41) is 49.2. The van der Waals surface area contributed by atoms with Gasteiger partial charge >= 0.3 is 17.9 Å². The largest absolute Gasteiger partial charge is 0.481 e. The molecule has 0 saturated carbocycles. The predicted molar refractivity (Wildman–Crippen MR) is 129 cm³/mol. The summed E-state index contributed by atoms with van der Waals surface area (Å²) in [6.07, 6.45) is 1.27. The molecule has 0 aliphatic carbocycles. The Labute approximate surface area is 209 Å². The van der Waals surface area contributed by atoms with Gasteiger partial charge in [-0.05, 0) is 39.2 Å². The molecule has 1 fully saturated rings. The highest BCUT2D eigenvalue weighted by Gasteiger charge is 2.40. The maximum atomic E-state index is 11.0. The van der Waals surface area contributed by atoms with E-state index >= 15 is 0 Å². The molecule has 0 bridgehead atoms. The zero-order chi connectivity index (χ0) is 27.1. The molecule has 11 nitrogen and oxygen atoms in total. The fourth-order valence-electron chi connectivity index (χ4n) is 4.15. The lowest BCUT2D eigenvalue weighted by Gasteiger charge is -2.38.